The molecule has 0 aliphatic carbocycles. The highest BCUT2D eigenvalue weighted by Crippen LogP contribution is 2.13. The molecule has 1 N–H and O–H groups in total. The van der Waals surface area contributed by atoms with E-state index in [0.29, 0.717) is 6.54 Å². The van der Waals surface area contributed by atoms with Gasteiger partial charge >= 0.3 is 5.69 Å². The molecular formula is C17H24N4O3. The third-order valence-corrected chi connectivity index (χ3v) is 3.99. The lowest BCUT2D eigenvalue weighted by atomic mass is 10.2. The number of nitrogens with zero attached hydrogens (tertiary/aromatic N) is 3. The maximum atomic E-state index is 12.5. The fourth-order valence-electron chi connectivity index (χ4n) is 2.77. The van der Waals surface area contributed by atoms with Crippen molar-refractivity contribution in [3.8, 4) is 0 Å². The number of para-hydroxylation sites is 2. The standard InChI is InChI=1S/C17H24N4O3/c1-5-20-13-8-6-7-9-14(13)21(17(20)24)11-10-15(22)18-12(2)16(23)19(3)4/h6-9,12H,5,10-11H2,1-4H3,(H,18,22). The Morgan fingerprint density at radius 3 is 2.29 bits per heavy atom. The average molecular weight is 332 g/mol. The summed E-state index contributed by atoms with van der Waals surface area (Å²) in [6.07, 6.45) is 0.142. The predicted octanol–water partition coefficient (Wildman–Crippen LogP) is 0.806. The summed E-state index contributed by atoms with van der Waals surface area (Å²) in [4.78, 5) is 37.8. The zero-order valence-corrected chi connectivity index (χ0v) is 14.6. The monoisotopic (exact) mass is 332 g/mol. The lowest BCUT2D eigenvalue weighted by molar-refractivity contribution is -0.133. The summed E-state index contributed by atoms with van der Waals surface area (Å²) in [5, 5.41) is 2.67. The summed E-state index contributed by atoms with van der Waals surface area (Å²) in [5.74, 6) is -0.416. The van der Waals surface area contributed by atoms with Crippen molar-refractivity contribution in [2.45, 2.75) is 39.4 Å². The van der Waals surface area contributed by atoms with Crippen LogP contribution < -0.4 is 11.0 Å². The van der Waals surface area contributed by atoms with Crippen LogP contribution in [0.2, 0.25) is 0 Å². The van der Waals surface area contributed by atoms with Crippen LogP contribution in [0.25, 0.3) is 11.0 Å². The fourth-order valence-corrected chi connectivity index (χ4v) is 2.77. The second-order valence-electron chi connectivity index (χ2n) is 5.94. The van der Waals surface area contributed by atoms with Gasteiger partial charge in [0.2, 0.25) is 11.8 Å². The Morgan fingerprint density at radius 1 is 1.17 bits per heavy atom. The number of imidazole rings is 1. The molecular weight excluding hydrogens is 308 g/mol. The second kappa shape index (κ2) is 7.33. The predicted molar refractivity (Wildman–Crippen MR) is 92.8 cm³/mol. The van der Waals surface area contributed by atoms with Crippen LogP contribution in [0, 0.1) is 0 Å². The summed E-state index contributed by atoms with van der Waals surface area (Å²) in [6.45, 7) is 4.42. The van der Waals surface area contributed by atoms with Gasteiger partial charge in [-0.05, 0) is 26.0 Å². The number of aromatic nitrogens is 2. The van der Waals surface area contributed by atoms with E-state index in [2.05, 4.69) is 5.32 Å². The Bertz CT molecular complexity index is 804. The molecule has 7 heteroatoms. The minimum Gasteiger partial charge on any atom is -0.347 e. The van der Waals surface area contributed by atoms with E-state index in [9.17, 15) is 14.4 Å². The van der Waals surface area contributed by atoms with Crippen LogP contribution in [0.4, 0.5) is 0 Å². The zero-order valence-electron chi connectivity index (χ0n) is 14.6. The van der Waals surface area contributed by atoms with E-state index in [-0.39, 0.29) is 30.5 Å². The summed E-state index contributed by atoms with van der Waals surface area (Å²) in [6, 6.07) is 6.95. The first-order valence-corrected chi connectivity index (χ1v) is 8.05. The van der Waals surface area contributed by atoms with E-state index in [4.69, 9.17) is 0 Å². The van der Waals surface area contributed by atoms with E-state index in [1.54, 1.807) is 30.2 Å². The van der Waals surface area contributed by atoms with Crippen LogP contribution in [0.5, 0.6) is 0 Å². The van der Waals surface area contributed by atoms with E-state index in [1.165, 1.54) is 4.90 Å². The third kappa shape index (κ3) is 3.50. The van der Waals surface area contributed by atoms with E-state index < -0.39 is 6.04 Å². The molecule has 1 heterocycles. The number of hydrogen-bond donors (Lipinski definition) is 1. The van der Waals surface area contributed by atoms with Gasteiger partial charge in [-0.15, -0.1) is 0 Å². The maximum Gasteiger partial charge on any atom is 0.329 e. The van der Waals surface area contributed by atoms with Gasteiger partial charge in [0.1, 0.15) is 6.04 Å². The zero-order chi connectivity index (χ0) is 17.9. The number of likely N-dealkylation sites (N-methyl/N-ethyl adjacent to an activating group) is 1. The molecule has 0 spiro atoms. The Kier molecular flexibility index (Phi) is 5.43. The highest BCUT2D eigenvalue weighted by atomic mass is 16.2. The number of fused-ring (bicyclic) bond motifs is 1. The number of hydrogen-bond acceptors (Lipinski definition) is 3. The largest absolute Gasteiger partial charge is 0.347 e. The van der Waals surface area contributed by atoms with Gasteiger partial charge in [0.15, 0.2) is 0 Å². The topological polar surface area (TPSA) is 76.3 Å². The molecule has 24 heavy (non-hydrogen) atoms. The highest BCUT2D eigenvalue weighted by Gasteiger charge is 2.18. The first-order valence-electron chi connectivity index (χ1n) is 8.05. The smallest absolute Gasteiger partial charge is 0.329 e. The molecule has 7 nitrogen and oxygen atoms in total. The molecule has 1 aromatic carbocycles. The van der Waals surface area contributed by atoms with E-state index in [1.807, 2.05) is 31.2 Å². The molecule has 130 valence electrons. The first-order chi connectivity index (χ1) is 11.4. The van der Waals surface area contributed by atoms with Crippen molar-refractivity contribution in [1.29, 1.82) is 0 Å². The Labute approximate surface area is 140 Å². The molecule has 0 aliphatic heterocycles. The van der Waals surface area contributed by atoms with Gasteiger partial charge < -0.3 is 10.2 Å². The number of amides is 2. The summed E-state index contributed by atoms with van der Waals surface area (Å²) in [7, 11) is 3.29. The molecule has 0 saturated heterocycles. The molecule has 1 atom stereocenters. The van der Waals surface area contributed by atoms with Crippen LogP contribution in [0.3, 0.4) is 0 Å². The Hall–Kier alpha value is -2.57. The van der Waals surface area contributed by atoms with E-state index >= 15 is 0 Å². The quantitative estimate of drug-likeness (QED) is 0.850. The minimum atomic E-state index is -0.582. The molecule has 0 fully saturated rings. The van der Waals surface area contributed by atoms with Crippen molar-refractivity contribution in [1.82, 2.24) is 19.4 Å². The van der Waals surface area contributed by atoms with Crippen LogP contribution in [-0.2, 0) is 22.7 Å². The van der Waals surface area contributed by atoms with Crippen molar-refractivity contribution in [2.24, 2.45) is 0 Å². The molecule has 2 aromatic rings. The van der Waals surface area contributed by atoms with Gasteiger partial charge in [0.25, 0.3) is 0 Å². The van der Waals surface area contributed by atoms with Crippen molar-refractivity contribution >= 4 is 22.8 Å². The lowest BCUT2D eigenvalue weighted by Gasteiger charge is -2.18. The van der Waals surface area contributed by atoms with Gasteiger partial charge in [0.05, 0.1) is 11.0 Å². The van der Waals surface area contributed by atoms with Crippen LogP contribution in [-0.4, -0.2) is 46.0 Å². The van der Waals surface area contributed by atoms with Crippen LogP contribution >= 0.6 is 0 Å². The van der Waals surface area contributed by atoms with Crippen molar-refractivity contribution in [2.75, 3.05) is 14.1 Å². The van der Waals surface area contributed by atoms with Gasteiger partial charge in [0, 0.05) is 33.6 Å². The van der Waals surface area contributed by atoms with Crippen LogP contribution in [0.1, 0.15) is 20.3 Å². The number of rotatable bonds is 6. The molecule has 1 aromatic heterocycles. The lowest BCUT2D eigenvalue weighted by Crippen LogP contribution is -2.44. The first kappa shape index (κ1) is 17.8. The van der Waals surface area contributed by atoms with Crippen molar-refractivity contribution < 1.29 is 9.59 Å². The number of carbonyl (C=O) groups is 2. The van der Waals surface area contributed by atoms with Gasteiger partial charge in [-0.1, -0.05) is 12.1 Å². The Balaban J connectivity index is 2.11. The van der Waals surface area contributed by atoms with Gasteiger partial charge in [-0.3, -0.25) is 18.7 Å². The maximum absolute atomic E-state index is 12.5. The highest BCUT2D eigenvalue weighted by molar-refractivity contribution is 5.87. The second-order valence-corrected chi connectivity index (χ2v) is 5.94. The molecule has 0 aliphatic rings. The number of benzene rings is 1. The number of nitrogens with one attached hydrogen (secondary N) is 1. The summed E-state index contributed by atoms with van der Waals surface area (Å²) >= 11 is 0. The average Bonchev–Trinajstić information content (AvgIpc) is 2.82. The third-order valence-electron chi connectivity index (χ3n) is 3.99. The van der Waals surface area contributed by atoms with E-state index in [0.717, 1.165) is 11.0 Å². The van der Waals surface area contributed by atoms with Gasteiger partial charge in [-0.25, -0.2) is 4.79 Å². The molecule has 2 amide bonds. The fraction of sp³-hybridized carbons (Fsp3) is 0.471. The molecule has 2 rings (SSSR count). The normalized spacial score (nSPS) is 12.2. The minimum absolute atomic E-state index is 0.121. The molecule has 1 unspecified atom stereocenters. The Morgan fingerprint density at radius 2 is 1.75 bits per heavy atom. The molecule has 0 radical (unpaired) electrons. The van der Waals surface area contributed by atoms with Crippen LogP contribution in [0.15, 0.2) is 29.1 Å². The SMILES string of the molecule is CCn1c(=O)n(CCC(=O)NC(C)C(=O)N(C)C)c2ccccc21. The molecule has 0 saturated carbocycles. The molecule has 0 bridgehead atoms. The number of aryl methyl sites for hydroxylation is 2. The summed E-state index contributed by atoms with van der Waals surface area (Å²) < 4.78 is 3.29. The summed E-state index contributed by atoms with van der Waals surface area (Å²) in [5.41, 5.74) is 1.56. The number of carbonyl (C=O) groups excluding carboxylic acids is 2. The van der Waals surface area contributed by atoms with Crippen molar-refractivity contribution in [3.63, 3.8) is 0 Å². The van der Waals surface area contributed by atoms with Crippen molar-refractivity contribution in [3.05, 3.63) is 34.7 Å². The van der Waals surface area contributed by atoms with Gasteiger partial charge in [-0.2, -0.15) is 0 Å².